The molecule has 3 nitrogen and oxygen atoms in total. The van der Waals surface area contributed by atoms with Gasteiger partial charge in [-0.15, -0.1) is 0 Å². The molecule has 1 atom stereocenters. The molecule has 0 aromatic carbocycles. The van der Waals surface area contributed by atoms with Crippen molar-refractivity contribution in [1.29, 1.82) is 0 Å². The third-order valence-electron chi connectivity index (χ3n) is 2.79. The highest BCUT2D eigenvalue weighted by molar-refractivity contribution is 7.99. The largest absolute Gasteiger partial charge is 0.433 e. The van der Waals surface area contributed by atoms with E-state index in [0.29, 0.717) is 0 Å². The third kappa shape index (κ3) is 3.00. The lowest BCUT2D eigenvalue weighted by atomic mass is 10.2. The fraction of sp³-hybridized carbons (Fsp3) is 0.600. The summed E-state index contributed by atoms with van der Waals surface area (Å²) in [5.74, 6) is 2.12. The van der Waals surface area contributed by atoms with Gasteiger partial charge in [-0.25, -0.2) is 9.97 Å². The molecule has 0 saturated carbocycles. The van der Waals surface area contributed by atoms with Crippen molar-refractivity contribution in [3.05, 3.63) is 17.0 Å². The summed E-state index contributed by atoms with van der Waals surface area (Å²) in [7, 11) is 1.73. The molecule has 100 valence electrons. The van der Waals surface area contributed by atoms with Crippen molar-refractivity contribution in [1.82, 2.24) is 9.97 Å². The molecule has 1 aromatic rings. The number of halogens is 4. The molecule has 2 rings (SSSR count). The second-order valence-corrected chi connectivity index (χ2v) is 5.49. The van der Waals surface area contributed by atoms with Crippen LogP contribution in [0.3, 0.4) is 0 Å². The number of anilines is 1. The van der Waals surface area contributed by atoms with Gasteiger partial charge in [-0.1, -0.05) is 0 Å². The molecule has 0 aliphatic carbocycles. The molecule has 0 N–H and O–H groups in total. The minimum absolute atomic E-state index is 0.196. The highest BCUT2D eigenvalue weighted by Gasteiger charge is 2.34. The first-order valence-corrected chi connectivity index (χ1v) is 6.83. The zero-order valence-corrected chi connectivity index (χ0v) is 11.1. The SMILES string of the molecule is CN(c1cc(C(F)(F)F)nc(Cl)n1)C1CCSC1. The Labute approximate surface area is 112 Å². The Morgan fingerprint density at radius 1 is 1.44 bits per heavy atom. The topological polar surface area (TPSA) is 29.0 Å². The molecule has 1 fully saturated rings. The zero-order valence-electron chi connectivity index (χ0n) is 9.54. The van der Waals surface area contributed by atoms with Crippen molar-refractivity contribution in [2.24, 2.45) is 0 Å². The third-order valence-corrected chi connectivity index (χ3v) is 4.10. The second kappa shape index (κ2) is 5.13. The van der Waals surface area contributed by atoms with E-state index in [4.69, 9.17) is 11.6 Å². The summed E-state index contributed by atoms with van der Waals surface area (Å²) in [6.45, 7) is 0. The van der Waals surface area contributed by atoms with Crippen molar-refractivity contribution in [3.63, 3.8) is 0 Å². The first-order valence-electron chi connectivity index (χ1n) is 5.30. The first kappa shape index (κ1) is 13.7. The Bertz CT molecular complexity index is 435. The van der Waals surface area contributed by atoms with Gasteiger partial charge in [0.2, 0.25) is 5.28 Å². The van der Waals surface area contributed by atoms with Gasteiger partial charge >= 0.3 is 6.18 Å². The van der Waals surface area contributed by atoms with Gasteiger partial charge in [-0.3, -0.25) is 0 Å². The van der Waals surface area contributed by atoms with Crippen molar-refractivity contribution in [2.45, 2.75) is 18.6 Å². The fourth-order valence-corrected chi connectivity index (χ4v) is 3.19. The molecule has 2 heterocycles. The van der Waals surface area contributed by atoms with Crippen LogP contribution >= 0.6 is 23.4 Å². The van der Waals surface area contributed by atoms with Crippen LogP contribution in [0, 0.1) is 0 Å². The van der Waals surface area contributed by atoms with Crippen LogP contribution in [-0.4, -0.2) is 34.6 Å². The van der Waals surface area contributed by atoms with E-state index >= 15 is 0 Å². The number of hydrogen-bond acceptors (Lipinski definition) is 4. The summed E-state index contributed by atoms with van der Waals surface area (Å²) in [5.41, 5.74) is -1.00. The lowest BCUT2D eigenvalue weighted by molar-refractivity contribution is -0.141. The molecule has 8 heteroatoms. The van der Waals surface area contributed by atoms with Crippen LogP contribution in [0.4, 0.5) is 19.0 Å². The highest BCUT2D eigenvalue weighted by Crippen LogP contribution is 2.32. The van der Waals surface area contributed by atoms with E-state index in [2.05, 4.69) is 9.97 Å². The predicted octanol–water partition coefficient (Wildman–Crippen LogP) is 3.09. The van der Waals surface area contributed by atoms with Crippen molar-refractivity contribution >= 4 is 29.2 Å². The molecule has 1 saturated heterocycles. The molecule has 0 amide bonds. The highest BCUT2D eigenvalue weighted by atomic mass is 35.5. The van der Waals surface area contributed by atoms with Crippen LogP contribution in [0.1, 0.15) is 12.1 Å². The van der Waals surface area contributed by atoms with Crippen LogP contribution in [0.15, 0.2) is 6.07 Å². The maximum atomic E-state index is 12.6. The Hall–Kier alpha value is -0.690. The van der Waals surface area contributed by atoms with E-state index in [-0.39, 0.29) is 17.1 Å². The summed E-state index contributed by atoms with van der Waals surface area (Å²) in [6, 6.07) is 1.14. The Morgan fingerprint density at radius 3 is 2.72 bits per heavy atom. The summed E-state index contributed by atoms with van der Waals surface area (Å²) in [6.07, 6.45) is -3.57. The fourth-order valence-electron chi connectivity index (χ4n) is 1.75. The number of aromatic nitrogens is 2. The molecule has 0 spiro atoms. The molecular formula is C10H11ClF3N3S. The molecule has 0 bridgehead atoms. The molecule has 1 aliphatic heterocycles. The van der Waals surface area contributed by atoms with Gasteiger partial charge in [-0.05, 0) is 23.8 Å². The number of rotatable bonds is 2. The number of thioether (sulfide) groups is 1. The van der Waals surface area contributed by atoms with Crippen molar-refractivity contribution in [3.8, 4) is 0 Å². The monoisotopic (exact) mass is 297 g/mol. The van der Waals surface area contributed by atoms with Gasteiger partial charge in [0, 0.05) is 24.9 Å². The molecule has 1 aliphatic rings. The molecule has 1 aromatic heterocycles. The van der Waals surface area contributed by atoms with Crippen LogP contribution < -0.4 is 4.90 Å². The summed E-state index contributed by atoms with van der Waals surface area (Å²) >= 11 is 7.33. The van der Waals surface area contributed by atoms with Gasteiger partial charge in [0.05, 0.1) is 0 Å². The maximum absolute atomic E-state index is 12.6. The molecule has 18 heavy (non-hydrogen) atoms. The van der Waals surface area contributed by atoms with E-state index in [9.17, 15) is 13.2 Å². The van der Waals surface area contributed by atoms with Crippen LogP contribution in [0.25, 0.3) is 0 Å². The van der Waals surface area contributed by atoms with Gasteiger partial charge < -0.3 is 4.90 Å². The van der Waals surface area contributed by atoms with Gasteiger partial charge in [0.1, 0.15) is 5.82 Å². The molecule has 0 radical (unpaired) electrons. The van der Waals surface area contributed by atoms with Crippen LogP contribution in [0.2, 0.25) is 5.28 Å². The Kier molecular flexibility index (Phi) is 3.91. The van der Waals surface area contributed by atoms with Gasteiger partial charge in [0.15, 0.2) is 5.69 Å². The average molecular weight is 298 g/mol. The lowest BCUT2D eigenvalue weighted by Gasteiger charge is -2.25. The van der Waals surface area contributed by atoms with E-state index < -0.39 is 11.9 Å². The minimum atomic E-state index is -4.51. The summed E-state index contributed by atoms with van der Waals surface area (Å²) in [5, 5.41) is -0.377. The molecular weight excluding hydrogens is 287 g/mol. The van der Waals surface area contributed by atoms with Crippen molar-refractivity contribution < 1.29 is 13.2 Å². The Morgan fingerprint density at radius 2 is 2.17 bits per heavy atom. The summed E-state index contributed by atoms with van der Waals surface area (Å²) in [4.78, 5) is 8.81. The number of hydrogen-bond donors (Lipinski definition) is 0. The van der Waals surface area contributed by atoms with Crippen LogP contribution in [0.5, 0.6) is 0 Å². The minimum Gasteiger partial charge on any atom is -0.356 e. The Balaban J connectivity index is 2.29. The van der Waals surface area contributed by atoms with Crippen molar-refractivity contribution in [2.75, 3.05) is 23.5 Å². The maximum Gasteiger partial charge on any atom is 0.433 e. The lowest BCUT2D eigenvalue weighted by Crippen LogP contribution is -2.32. The first-order chi connectivity index (χ1) is 8.38. The van der Waals surface area contributed by atoms with Crippen LogP contribution in [-0.2, 0) is 6.18 Å². The van der Waals surface area contributed by atoms with Gasteiger partial charge in [0.25, 0.3) is 0 Å². The molecule has 1 unspecified atom stereocenters. The average Bonchev–Trinajstić information content (AvgIpc) is 2.79. The van der Waals surface area contributed by atoms with E-state index in [1.165, 1.54) is 0 Å². The smallest absolute Gasteiger partial charge is 0.356 e. The van der Waals surface area contributed by atoms with E-state index in [1.807, 2.05) is 0 Å². The number of nitrogens with zero attached hydrogens (tertiary/aromatic N) is 3. The second-order valence-electron chi connectivity index (χ2n) is 4.01. The standard InChI is InChI=1S/C10H11ClF3N3S/c1-17(6-2-3-18-5-6)8-4-7(10(12,13)14)15-9(11)16-8/h4,6H,2-3,5H2,1H3. The summed E-state index contributed by atoms with van der Waals surface area (Å²) < 4.78 is 37.9. The zero-order chi connectivity index (χ0) is 13.3. The normalized spacial score (nSPS) is 20.2. The predicted molar refractivity (Wildman–Crippen MR) is 66.2 cm³/mol. The quantitative estimate of drug-likeness (QED) is 0.785. The van der Waals surface area contributed by atoms with E-state index in [0.717, 1.165) is 24.0 Å². The van der Waals surface area contributed by atoms with E-state index in [1.54, 1.807) is 23.7 Å². The van der Waals surface area contributed by atoms with Gasteiger partial charge in [-0.2, -0.15) is 24.9 Å². The number of alkyl halides is 3.